The van der Waals surface area contributed by atoms with E-state index in [2.05, 4.69) is 4.74 Å². The van der Waals surface area contributed by atoms with Gasteiger partial charge >= 0.3 is 12.9 Å². The van der Waals surface area contributed by atoms with Crippen molar-refractivity contribution in [3.63, 3.8) is 0 Å². The molecule has 2 atom stereocenters. The molecule has 3 nitrogen and oxygen atoms in total. The highest BCUT2D eigenvalue weighted by molar-refractivity contribution is 6.62. The van der Waals surface area contributed by atoms with Crippen LogP contribution in [0, 0.1) is 16.7 Å². The van der Waals surface area contributed by atoms with E-state index in [4.69, 9.17) is 5.26 Å². The maximum atomic E-state index is 12.2. The van der Waals surface area contributed by atoms with Crippen molar-refractivity contribution in [3.8, 4) is 6.07 Å². The van der Waals surface area contributed by atoms with Gasteiger partial charge < -0.3 is 17.7 Å². The van der Waals surface area contributed by atoms with E-state index in [-0.39, 0.29) is 6.61 Å². The normalized spacial score (nSPS) is 30.6. The van der Waals surface area contributed by atoms with Crippen molar-refractivity contribution < 1.29 is 22.5 Å². The second kappa shape index (κ2) is 3.19. The summed E-state index contributed by atoms with van der Waals surface area (Å²) in [6.45, 7) is -3.66. The van der Waals surface area contributed by atoms with Gasteiger partial charge in [-0.15, -0.1) is 0 Å². The molecular formula is C7H8BF3NO2-. The lowest BCUT2D eigenvalue weighted by molar-refractivity contribution is -0.147. The van der Waals surface area contributed by atoms with E-state index in [1.54, 1.807) is 0 Å². The third kappa shape index (κ3) is 1.56. The van der Waals surface area contributed by atoms with Crippen molar-refractivity contribution in [1.29, 1.82) is 5.26 Å². The summed E-state index contributed by atoms with van der Waals surface area (Å²) in [5, 5.41) is 8.55. The minimum absolute atomic E-state index is 0.0140. The molecule has 0 aromatic rings. The number of hydrogen-bond donors (Lipinski definition) is 0. The van der Waals surface area contributed by atoms with Gasteiger partial charge in [0.2, 0.25) is 0 Å². The largest absolute Gasteiger partial charge is 0.483 e. The van der Waals surface area contributed by atoms with E-state index in [0.717, 1.165) is 0 Å². The predicted molar refractivity (Wildman–Crippen MR) is 42.1 cm³/mol. The lowest BCUT2D eigenvalue weighted by Crippen LogP contribution is -2.26. The van der Waals surface area contributed by atoms with Gasteiger partial charge in [-0.3, -0.25) is 4.79 Å². The van der Waals surface area contributed by atoms with Crippen molar-refractivity contribution in [2.45, 2.75) is 19.2 Å². The van der Waals surface area contributed by atoms with E-state index < -0.39 is 30.6 Å². The molecule has 0 spiro atoms. The third-order valence-electron chi connectivity index (χ3n) is 2.31. The lowest BCUT2D eigenvalue weighted by Gasteiger charge is -2.15. The minimum atomic E-state index is -5.13. The Hall–Kier alpha value is -1.19. The molecule has 0 bridgehead atoms. The average Bonchev–Trinajstić information content (AvgIpc) is 2.79. The van der Waals surface area contributed by atoms with Crippen LogP contribution in [0.15, 0.2) is 0 Å². The van der Waals surface area contributed by atoms with Crippen LogP contribution >= 0.6 is 0 Å². The molecule has 14 heavy (non-hydrogen) atoms. The van der Waals surface area contributed by atoms with E-state index in [9.17, 15) is 17.7 Å². The molecule has 1 saturated carbocycles. The number of esters is 1. The minimum Gasteiger partial charge on any atom is -0.465 e. The van der Waals surface area contributed by atoms with Crippen LogP contribution in [0.5, 0.6) is 0 Å². The molecule has 0 aliphatic heterocycles. The molecule has 0 aromatic heterocycles. The summed E-state index contributed by atoms with van der Waals surface area (Å²) in [4.78, 5) is 11.1. The zero-order valence-electron chi connectivity index (χ0n) is 7.47. The fraction of sp³-hybridized carbons (Fsp3) is 0.714. The number of rotatable bonds is 3. The lowest BCUT2D eigenvalue weighted by atomic mass is 9.78. The van der Waals surface area contributed by atoms with E-state index in [1.807, 2.05) is 0 Å². The van der Waals surface area contributed by atoms with Crippen LogP contribution in [-0.2, 0) is 9.53 Å². The molecule has 0 N–H and O–H groups in total. The van der Waals surface area contributed by atoms with Crippen molar-refractivity contribution >= 4 is 12.9 Å². The monoisotopic (exact) mass is 206 g/mol. The molecule has 1 rings (SSSR count). The Morgan fingerprint density at radius 3 is 2.57 bits per heavy atom. The maximum Gasteiger partial charge on any atom is 0.483 e. The van der Waals surface area contributed by atoms with Crippen LogP contribution in [0.4, 0.5) is 12.9 Å². The zero-order chi connectivity index (χ0) is 11.0. The van der Waals surface area contributed by atoms with Gasteiger partial charge in [-0.1, -0.05) is 0 Å². The molecule has 0 saturated heterocycles. The highest BCUT2D eigenvalue weighted by Gasteiger charge is 2.68. The first-order valence-corrected chi connectivity index (χ1v) is 4.17. The average molecular weight is 206 g/mol. The summed E-state index contributed by atoms with van der Waals surface area (Å²) in [5.74, 6) is -2.85. The molecule has 78 valence electrons. The summed E-state index contributed by atoms with van der Waals surface area (Å²) in [5.41, 5.74) is -1.95. The van der Waals surface area contributed by atoms with Gasteiger partial charge in [0.05, 0.1) is 12.7 Å². The smallest absolute Gasteiger partial charge is 0.465 e. The number of halogens is 3. The van der Waals surface area contributed by atoms with E-state index >= 15 is 0 Å². The first-order chi connectivity index (χ1) is 6.38. The second-order valence-corrected chi connectivity index (χ2v) is 3.24. The van der Waals surface area contributed by atoms with Crippen LogP contribution < -0.4 is 0 Å². The van der Waals surface area contributed by atoms with Gasteiger partial charge in [0.15, 0.2) is 0 Å². The van der Waals surface area contributed by atoms with Gasteiger partial charge in [-0.25, -0.2) is 0 Å². The highest BCUT2D eigenvalue weighted by Crippen LogP contribution is 2.64. The van der Waals surface area contributed by atoms with Gasteiger partial charge in [-0.05, 0) is 19.2 Å². The third-order valence-corrected chi connectivity index (χ3v) is 2.31. The summed E-state index contributed by atoms with van der Waals surface area (Å²) in [6.07, 6.45) is -0.453. The van der Waals surface area contributed by atoms with Crippen LogP contribution in [-0.4, -0.2) is 19.6 Å². The molecule has 0 amide bonds. The van der Waals surface area contributed by atoms with Gasteiger partial charge in [0.1, 0.15) is 5.41 Å². The van der Waals surface area contributed by atoms with Crippen molar-refractivity contribution in [1.82, 2.24) is 0 Å². The molecule has 0 aromatic carbocycles. The number of ether oxygens (including phenoxy) is 1. The summed E-state index contributed by atoms with van der Waals surface area (Å²) in [6, 6.07) is 1.41. The number of carbonyl (C=O) groups is 1. The molecule has 7 heteroatoms. The van der Waals surface area contributed by atoms with Crippen molar-refractivity contribution in [2.75, 3.05) is 6.61 Å². The number of hydrogen-bond acceptors (Lipinski definition) is 3. The van der Waals surface area contributed by atoms with Crippen molar-refractivity contribution in [2.24, 2.45) is 5.41 Å². The molecule has 1 aliphatic carbocycles. The fourth-order valence-electron chi connectivity index (χ4n) is 1.41. The zero-order valence-corrected chi connectivity index (χ0v) is 7.47. The standard InChI is InChI=1S/C7H8BF3NO2/c1-2-14-6(13)7(4-12)3-5(7)8(9,10)11/h5H,2-3H2,1H3/q-1/t5-,7-/m0/s1. The van der Waals surface area contributed by atoms with Crippen molar-refractivity contribution in [3.05, 3.63) is 0 Å². The van der Waals surface area contributed by atoms with E-state index in [1.165, 1.54) is 13.0 Å². The van der Waals surface area contributed by atoms with E-state index in [0.29, 0.717) is 0 Å². The Morgan fingerprint density at radius 1 is 1.71 bits per heavy atom. The first-order valence-electron chi connectivity index (χ1n) is 4.17. The predicted octanol–water partition coefficient (Wildman–Crippen LogP) is 1.68. The Kier molecular flexibility index (Phi) is 2.48. The molecular weight excluding hydrogens is 198 g/mol. The Labute approximate surface area is 78.9 Å². The number of nitrogens with zero attached hydrogens (tertiary/aromatic N) is 1. The molecule has 0 unspecified atom stereocenters. The topological polar surface area (TPSA) is 50.1 Å². The molecule has 1 aliphatic rings. The van der Waals surface area contributed by atoms with Crippen LogP contribution in [0.2, 0.25) is 5.82 Å². The summed E-state index contributed by atoms with van der Waals surface area (Å²) < 4.78 is 41.1. The summed E-state index contributed by atoms with van der Waals surface area (Å²) in [7, 11) is 0. The van der Waals surface area contributed by atoms with Crippen LogP contribution in [0.25, 0.3) is 0 Å². The van der Waals surface area contributed by atoms with Gasteiger partial charge in [0, 0.05) is 0 Å². The second-order valence-electron chi connectivity index (χ2n) is 3.24. The highest BCUT2D eigenvalue weighted by atomic mass is 19.4. The SMILES string of the molecule is CCOC(=O)[C@]1(C#N)C[C@@H]1[B-](F)(F)F. The Balaban J connectivity index is 2.77. The van der Waals surface area contributed by atoms with Crippen LogP contribution in [0.1, 0.15) is 13.3 Å². The van der Waals surface area contributed by atoms with Gasteiger partial charge in [0.25, 0.3) is 0 Å². The Bertz CT molecular complexity index is 298. The molecule has 1 fully saturated rings. The van der Waals surface area contributed by atoms with Gasteiger partial charge in [-0.2, -0.15) is 5.26 Å². The molecule has 0 radical (unpaired) electrons. The quantitative estimate of drug-likeness (QED) is 0.521. The fourth-order valence-corrected chi connectivity index (χ4v) is 1.41. The first kappa shape index (κ1) is 10.9. The maximum absolute atomic E-state index is 12.2. The number of carbonyl (C=O) groups excluding carboxylic acids is 1. The van der Waals surface area contributed by atoms with Crippen LogP contribution in [0.3, 0.4) is 0 Å². The number of nitriles is 1. The summed E-state index contributed by atoms with van der Waals surface area (Å²) >= 11 is 0. The molecule has 0 heterocycles. The Morgan fingerprint density at radius 2 is 2.29 bits per heavy atom.